The largest absolute Gasteiger partial charge is 0.480 e. The zero-order chi connectivity index (χ0) is 12.3. The third-order valence-electron chi connectivity index (χ3n) is 1.79. The van der Waals surface area contributed by atoms with Crippen LogP contribution in [-0.4, -0.2) is 25.2 Å². The van der Waals surface area contributed by atoms with Crippen molar-refractivity contribution < 1.29 is 18.3 Å². The number of nitrogen functional groups attached to an aromatic ring is 1. The minimum Gasteiger partial charge on any atom is -0.480 e. The zero-order valence-electron chi connectivity index (χ0n) is 8.18. The molecule has 1 aromatic rings. The normalized spacial score (nSPS) is 11.3. The molecule has 5 nitrogen and oxygen atoms in total. The van der Waals surface area contributed by atoms with Crippen LogP contribution in [0.4, 0.5) is 5.69 Å². The van der Waals surface area contributed by atoms with Crippen LogP contribution in [-0.2, 0) is 20.4 Å². The maximum atomic E-state index is 11.4. The number of carbonyl (C=O) groups is 1. The number of anilines is 1. The molecule has 7 heteroatoms. The monoisotopic (exact) mass is 263 g/mol. The van der Waals surface area contributed by atoms with E-state index in [1.165, 1.54) is 18.2 Å². The molecule has 0 fully saturated rings. The zero-order valence-corrected chi connectivity index (χ0v) is 9.75. The highest BCUT2D eigenvalue weighted by molar-refractivity contribution is 7.91. The molecule has 3 N–H and O–H groups in total. The van der Waals surface area contributed by atoms with Crippen molar-refractivity contribution in [1.82, 2.24) is 0 Å². The van der Waals surface area contributed by atoms with Gasteiger partial charge in [-0.15, -0.1) is 0 Å². The van der Waals surface area contributed by atoms with Crippen molar-refractivity contribution in [2.75, 3.05) is 11.5 Å². The first kappa shape index (κ1) is 12.8. The summed E-state index contributed by atoms with van der Waals surface area (Å²) in [5.74, 6) is -2.63. The smallest absolute Gasteiger partial charge is 0.318 e. The molecule has 0 aliphatic carbocycles. The van der Waals surface area contributed by atoms with E-state index in [9.17, 15) is 13.2 Å². The Labute approximate surface area is 97.8 Å². The highest BCUT2D eigenvalue weighted by Gasteiger charge is 2.16. The minimum atomic E-state index is -3.66. The number of aliphatic carboxylic acids is 1. The first-order chi connectivity index (χ1) is 7.30. The third kappa shape index (κ3) is 3.71. The number of carboxylic acid groups (broad SMARTS) is 1. The topological polar surface area (TPSA) is 97.5 Å². The second-order valence-corrected chi connectivity index (χ2v) is 5.75. The van der Waals surface area contributed by atoms with Crippen LogP contribution in [0.5, 0.6) is 0 Å². The predicted octanol–water partition coefficient (Wildman–Crippen LogP) is 0.922. The number of nitrogens with two attached hydrogens (primary N) is 1. The molecule has 0 amide bonds. The molecule has 1 aromatic carbocycles. The van der Waals surface area contributed by atoms with Gasteiger partial charge in [-0.25, -0.2) is 8.42 Å². The molecule has 0 saturated heterocycles. The van der Waals surface area contributed by atoms with Crippen molar-refractivity contribution in [3.8, 4) is 0 Å². The Morgan fingerprint density at radius 3 is 2.56 bits per heavy atom. The molecule has 1 rings (SSSR count). The van der Waals surface area contributed by atoms with Gasteiger partial charge in [0.15, 0.2) is 9.84 Å². The SMILES string of the molecule is Nc1cc(CS(=O)(=O)CC(=O)O)ccc1Cl. The van der Waals surface area contributed by atoms with Gasteiger partial charge in [-0.3, -0.25) is 4.79 Å². The fourth-order valence-corrected chi connectivity index (χ4v) is 2.46. The van der Waals surface area contributed by atoms with E-state index < -0.39 is 21.6 Å². The van der Waals surface area contributed by atoms with E-state index in [0.717, 1.165) is 0 Å². The summed E-state index contributed by atoms with van der Waals surface area (Å²) in [5, 5.41) is 8.73. The summed E-state index contributed by atoms with van der Waals surface area (Å²) < 4.78 is 22.7. The van der Waals surface area contributed by atoms with E-state index in [2.05, 4.69) is 0 Å². The lowest BCUT2D eigenvalue weighted by Gasteiger charge is -2.04. The van der Waals surface area contributed by atoms with Gasteiger partial charge < -0.3 is 10.8 Å². The third-order valence-corrected chi connectivity index (χ3v) is 3.59. The standard InChI is InChI=1S/C9H10ClNO4S/c10-7-2-1-6(3-8(7)11)4-16(14,15)5-9(12)13/h1-3H,4-5,11H2,(H,12,13). The summed E-state index contributed by atoms with van der Waals surface area (Å²) >= 11 is 5.67. The van der Waals surface area contributed by atoms with E-state index in [4.69, 9.17) is 22.4 Å². The molecule has 0 unspecified atom stereocenters. The van der Waals surface area contributed by atoms with Gasteiger partial charge in [0.1, 0.15) is 5.75 Å². The molecule has 0 saturated carbocycles. The van der Waals surface area contributed by atoms with Crippen LogP contribution in [0.15, 0.2) is 18.2 Å². The van der Waals surface area contributed by atoms with Crippen LogP contribution in [0.3, 0.4) is 0 Å². The molecule has 0 aromatic heterocycles. The Morgan fingerprint density at radius 2 is 2.06 bits per heavy atom. The van der Waals surface area contributed by atoms with Gasteiger partial charge in [0.25, 0.3) is 0 Å². The van der Waals surface area contributed by atoms with Crippen molar-refractivity contribution in [1.29, 1.82) is 0 Å². The van der Waals surface area contributed by atoms with Crippen molar-refractivity contribution in [3.05, 3.63) is 28.8 Å². The lowest BCUT2D eigenvalue weighted by molar-refractivity contribution is -0.134. The number of sulfone groups is 1. The van der Waals surface area contributed by atoms with Crippen molar-refractivity contribution in [2.45, 2.75) is 5.75 Å². The average Bonchev–Trinajstić information content (AvgIpc) is 2.08. The second-order valence-electron chi connectivity index (χ2n) is 3.28. The van der Waals surface area contributed by atoms with Crippen molar-refractivity contribution >= 4 is 33.1 Å². The van der Waals surface area contributed by atoms with Gasteiger partial charge >= 0.3 is 5.97 Å². The lowest BCUT2D eigenvalue weighted by Crippen LogP contribution is -2.17. The Hall–Kier alpha value is -1.27. The van der Waals surface area contributed by atoms with Crippen LogP contribution >= 0.6 is 11.6 Å². The van der Waals surface area contributed by atoms with E-state index in [1.807, 2.05) is 0 Å². The minimum absolute atomic E-state index is 0.268. The molecule has 88 valence electrons. The molecule has 0 bridgehead atoms. The van der Waals surface area contributed by atoms with Crippen LogP contribution in [0.1, 0.15) is 5.56 Å². The van der Waals surface area contributed by atoms with Crippen LogP contribution in [0, 0.1) is 0 Å². The molecule has 0 aliphatic rings. The molecule has 0 atom stereocenters. The molecule has 0 heterocycles. The maximum Gasteiger partial charge on any atom is 0.318 e. The molecular weight excluding hydrogens is 254 g/mol. The predicted molar refractivity (Wildman–Crippen MR) is 61.0 cm³/mol. The van der Waals surface area contributed by atoms with Gasteiger partial charge in [0, 0.05) is 0 Å². The first-order valence-corrected chi connectivity index (χ1v) is 6.46. The van der Waals surface area contributed by atoms with Crippen LogP contribution < -0.4 is 5.73 Å². The Morgan fingerprint density at radius 1 is 1.44 bits per heavy atom. The highest BCUT2D eigenvalue weighted by Crippen LogP contribution is 2.20. The Kier molecular flexibility index (Phi) is 3.77. The molecule has 0 spiro atoms. The van der Waals surface area contributed by atoms with Crippen LogP contribution in [0.25, 0.3) is 0 Å². The van der Waals surface area contributed by atoms with Crippen LogP contribution in [0.2, 0.25) is 5.02 Å². The number of rotatable bonds is 4. The summed E-state index contributed by atoms with van der Waals surface area (Å²) in [5.41, 5.74) is 6.19. The number of carboxylic acids is 1. The first-order valence-electron chi connectivity index (χ1n) is 4.26. The van der Waals surface area contributed by atoms with Gasteiger partial charge in [-0.1, -0.05) is 17.7 Å². The van der Waals surface area contributed by atoms with E-state index in [-0.39, 0.29) is 11.4 Å². The van der Waals surface area contributed by atoms with E-state index in [1.54, 1.807) is 0 Å². The Bertz CT molecular complexity index is 512. The quantitative estimate of drug-likeness (QED) is 0.788. The number of halogens is 1. The summed E-state index contributed by atoms with van der Waals surface area (Å²) in [6.45, 7) is 0. The van der Waals surface area contributed by atoms with Crippen molar-refractivity contribution in [3.63, 3.8) is 0 Å². The number of benzene rings is 1. The Balaban J connectivity index is 2.88. The van der Waals surface area contributed by atoms with Crippen molar-refractivity contribution in [2.24, 2.45) is 0 Å². The number of hydrogen-bond acceptors (Lipinski definition) is 4. The van der Waals surface area contributed by atoms with E-state index >= 15 is 0 Å². The summed E-state index contributed by atoms with van der Waals surface area (Å²) in [6.07, 6.45) is 0. The average molecular weight is 264 g/mol. The molecule has 0 radical (unpaired) electrons. The second kappa shape index (κ2) is 4.71. The fourth-order valence-electron chi connectivity index (χ4n) is 1.18. The highest BCUT2D eigenvalue weighted by atomic mass is 35.5. The summed E-state index contributed by atoms with van der Waals surface area (Å²) in [4.78, 5) is 10.3. The maximum absolute atomic E-state index is 11.4. The van der Waals surface area contributed by atoms with Gasteiger partial charge in [-0.2, -0.15) is 0 Å². The molecule has 16 heavy (non-hydrogen) atoms. The lowest BCUT2D eigenvalue weighted by atomic mass is 10.2. The molecular formula is C9H10ClNO4S. The van der Waals surface area contributed by atoms with Gasteiger partial charge in [0.05, 0.1) is 16.5 Å². The van der Waals surface area contributed by atoms with E-state index in [0.29, 0.717) is 10.6 Å². The fraction of sp³-hybridized carbons (Fsp3) is 0.222. The summed E-state index contributed by atoms with van der Waals surface area (Å²) in [6, 6.07) is 4.39. The number of hydrogen-bond donors (Lipinski definition) is 2. The van der Waals surface area contributed by atoms with Gasteiger partial charge in [0.2, 0.25) is 0 Å². The summed E-state index contributed by atoms with van der Waals surface area (Å²) in [7, 11) is -3.66. The van der Waals surface area contributed by atoms with Gasteiger partial charge in [-0.05, 0) is 17.7 Å². The molecule has 0 aliphatic heterocycles.